The largest absolute Gasteiger partial charge is 0.354 e. The summed E-state index contributed by atoms with van der Waals surface area (Å²) in [6.45, 7) is 4.21. The molecule has 3 heteroatoms. The van der Waals surface area contributed by atoms with E-state index in [-0.39, 0.29) is 0 Å². The van der Waals surface area contributed by atoms with E-state index in [4.69, 9.17) is 16.6 Å². The molecule has 1 heterocycles. The Morgan fingerprint density at radius 2 is 1.61 bits per heavy atom. The van der Waals surface area contributed by atoms with Gasteiger partial charge in [0.2, 0.25) is 0 Å². The van der Waals surface area contributed by atoms with E-state index in [1.807, 2.05) is 24.3 Å². The summed E-state index contributed by atoms with van der Waals surface area (Å²) in [4.78, 5) is 4.82. The number of aromatic nitrogens is 1. The summed E-state index contributed by atoms with van der Waals surface area (Å²) in [5.74, 6) is 0. The first-order valence-corrected chi connectivity index (χ1v) is 8.13. The second kappa shape index (κ2) is 6.84. The number of aryl methyl sites for hydroxylation is 2. The second-order valence-electron chi connectivity index (χ2n) is 5.54. The van der Waals surface area contributed by atoms with E-state index >= 15 is 0 Å². The quantitative estimate of drug-likeness (QED) is 0.635. The van der Waals surface area contributed by atoms with Gasteiger partial charge < -0.3 is 5.32 Å². The van der Waals surface area contributed by atoms with E-state index < -0.39 is 0 Å². The first-order valence-electron chi connectivity index (χ1n) is 7.75. The Labute approximate surface area is 142 Å². The lowest BCUT2D eigenvalue weighted by Crippen LogP contribution is -1.99. The van der Waals surface area contributed by atoms with Crippen LogP contribution in [0, 0.1) is 6.92 Å². The fourth-order valence-corrected chi connectivity index (χ4v) is 2.58. The van der Waals surface area contributed by atoms with Crippen LogP contribution in [0.2, 0.25) is 5.02 Å². The Morgan fingerprint density at radius 1 is 0.913 bits per heavy atom. The van der Waals surface area contributed by atoms with Crippen LogP contribution in [-0.2, 0) is 6.42 Å². The van der Waals surface area contributed by atoms with Gasteiger partial charge in [-0.05, 0) is 49.7 Å². The minimum Gasteiger partial charge on any atom is -0.354 e. The molecule has 0 radical (unpaired) electrons. The minimum atomic E-state index is 0.735. The molecule has 0 fully saturated rings. The van der Waals surface area contributed by atoms with Crippen LogP contribution in [0.5, 0.6) is 0 Å². The summed E-state index contributed by atoms with van der Waals surface area (Å²) in [6, 6.07) is 20.3. The third-order valence-corrected chi connectivity index (χ3v) is 4.03. The number of pyridine rings is 1. The first kappa shape index (κ1) is 15.6. The molecule has 23 heavy (non-hydrogen) atoms. The van der Waals surface area contributed by atoms with Crippen molar-refractivity contribution in [1.82, 2.24) is 4.98 Å². The van der Waals surface area contributed by atoms with E-state index in [1.54, 1.807) is 0 Å². The lowest BCUT2D eigenvalue weighted by Gasteiger charge is -2.12. The number of hydrogen-bond acceptors (Lipinski definition) is 2. The fourth-order valence-electron chi connectivity index (χ4n) is 2.46. The van der Waals surface area contributed by atoms with Gasteiger partial charge >= 0.3 is 0 Å². The zero-order valence-corrected chi connectivity index (χ0v) is 14.1. The SMILES string of the molecule is CCc1nc(-c2ccc(C)cc2)ccc1Nc1ccc(Cl)cc1. The summed E-state index contributed by atoms with van der Waals surface area (Å²) < 4.78 is 0. The van der Waals surface area contributed by atoms with Gasteiger partial charge in [-0.2, -0.15) is 0 Å². The van der Waals surface area contributed by atoms with Crippen LogP contribution in [0.1, 0.15) is 18.2 Å². The van der Waals surface area contributed by atoms with Crippen molar-refractivity contribution in [3.8, 4) is 11.3 Å². The van der Waals surface area contributed by atoms with Crippen LogP contribution in [0.25, 0.3) is 11.3 Å². The smallest absolute Gasteiger partial charge is 0.0706 e. The number of nitrogens with zero attached hydrogens (tertiary/aromatic N) is 1. The molecule has 0 spiro atoms. The number of halogens is 1. The molecule has 1 N–H and O–H groups in total. The summed E-state index contributed by atoms with van der Waals surface area (Å²) in [5, 5.41) is 4.15. The van der Waals surface area contributed by atoms with Crippen molar-refractivity contribution in [2.45, 2.75) is 20.3 Å². The Hall–Kier alpha value is -2.32. The van der Waals surface area contributed by atoms with Crippen LogP contribution < -0.4 is 5.32 Å². The van der Waals surface area contributed by atoms with Crippen LogP contribution in [-0.4, -0.2) is 4.98 Å². The lowest BCUT2D eigenvalue weighted by atomic mass is 10.1. The highest BCUT2D eigenvalue weighted by Crippen LogP contribution is 2.25. The standard InChI is InChI=1S/C20H19ClN2/c1-3-18-20(22-17-10-8-16(21)9-11-17)13-12-19(23-18)15-6-4-14(2)5-7-15/h4-13,22H,3H2,1-2H3. The van der Waals surface area contributed by atoms with Crippen molar-refractivity contribution >= 4 is 23.0 Å². The molecule has 0 aliphatic heterocycles. The number of benzene rings is 2. The molecule has 2 aromatic carbocycles. The van der Waals surface area contributed by atoms with Gasteiger partial charge in [0.25, 0.3) is 0 Å². The van der Waals surface area contributed by atoms with Crippen molar-refractivity contribution < 1.29 is 0 Å². The Balaban J connectivity index is 1.90. The Morgan fingerprint density at radius 3 is 2.26 bits per heavy atom. The van der Waals surface area contributed by atoms with Crippen molar-refractivity contribution in [3.05, 3.63) is 76.9 Å². The van der Waals surface area contributed by atoms with Gasteiger partial charge in [0, 0.05) is 16.3 Å². The van der Waals surface area contributed by atoms with Gasteiger partial charge in [0.1, 0.15) is 0 Å². The van der Waals surface area contributed by atoms with Gasteiger partial charge in [-0.25, -0.2) is 0 Å². The van der Waals surface area contributed by atoms with Crippen molar-refractivity contribution in [3.63, 3.8) is 0 Å². The zero-order chi connectivity index (χ0) is 16.2. The average Bonchev–Trinajstić information content (AvgIpc) is 2.58. The molecule has 0 aliphatic carbocycles. The van der Waals surface area contributed by atoms with Crippen LogP contribution in [0.3, 0.4) is 0 Å². The van der Waals surface area contributed by atoms with E-state index in [2.05, 4.69) is 55.6 Å². The van der Waals surface area contributed by atoms with Crippen LogP contribution >= 0.6 is 11.6 Å². The number of rotatable bonds is 4. The molecule has 0 atom stereocenters. The normalized spacial score (nSPS) is 10.6. The molecule has 0 aliphatic rings. The van der Waals surface area contributed by atoms with E-state index in [0.29, 0.717) is 0 Å². The molecule has 0 saturated carbocycles. The molecular formula is C20H19ClN2. The van der Waals surface area contributed by atoms with Crippen LogP contribution in [0.4, 0.5) is 11.4 Å². The monoisotopic (exact) mass is 322 g/mol. The predicted octanol–water partition coefficient (Wildman–Crippen LogP) is 6.02. The molecule has 0 unspecified atom stereocenters. The van der Waals surface area contributed by atoms with E-state index in [9.17, 15) is 0 Å². The highest BCUT2D eigenvalue weighted by atomic mass is 35.5. The van der Waals surface area contributed by atoms with E-state index in [0.717, 1.165) is 39.8 Å². The van der Waals surface area contributed by atoms with Gasteiger partial charge in [-0.3, -0.25) is 4.98 Å². The molecule has 2 nitrogen and oxygen atoms in total. The fraction of sp³-hybridized carbons (Fsp3) is 0.150. The van der Waals surface area contributed by atoms with Gasteiger partial charge in [0.15, 0.2) is 0 Å². The molecule has 0 saturated heterocycles. The highest BCUT2D eigenvalue weighted by Gasteiger charge is 2.06. The molecule has 1 aromatic heterocycles. The number of hydrogen-bond donors (Lipinski definition) is 1. The van der Waals surface area contributed by atoms with Gasteiger partial charge in [0.05, 0.1) is 17.1 Å². The molecule has 0 bridgehead atoms. The Kier molecular flexibility index (Phi) is 4.63. The Bertz CT molecular complexity index is 793. The first-order chi connectivity index (χ1) is 11.2. The minimum absolute atomic E-state index is 0.735. The van der Waals surface area contributed by atoms with Crippen molar-refractivity contribution in [1.29, 1.82) is 0 Å². The van der Waals surface area contributed by atoms with Gasteiger partial charge in [-0.1, -0.05) is 48.4 Å². The summed E-state index contributed by atoms with van der Waals surface area (Å²) >= 11 is 5.93. The van der Waals surface area contributed by atoms with Gasteiger partial charge in [-0.15, -0.1) is 0 Å². The summed E-state index contributed by atoms with van der Waals surface area (Å²) in [5.41, 5.74) is 6.50. The third kappa shape index (κ3) is 3.72. The number of anilines is 2. The predicted molar refractivity (Wildman–Crippen MR) is 98.5 cm³/mol. The topological polar surface area (TPSA) is 24.9 Å². The number of nitrogens with one attached hydrogen (secondary N) is 1. The lowest BCUT2D eigenvalue weighted by molar-refractivity contribution is 1.04. The molecule has 0 amide bonds. The average molecular weight is 323 g/mol. The maximum atomic E-state index is 5.93. The highest BCUT2D eigenvalue weighted by molar-refractivity contribution is 6.30. The summed E-state index contributed by atoms with van der Waals surface area (Å²) in [7, 11) is 0. The molecule has 3 rings (SSSR count). The maximum absolute atomic E-state index is 5.93. The van der Waals surface area contributed by atoms with Crippen LogP contribution in [0.15, 0.2) is 60.7 Å². The van der Waals surface area contributed by atoms with Crippen molar-refractivity contribution in [2.75, 3.05) is 5.32 Å². The molecule has 3 aromatic rings. The second-order valence-corrected chi connectivity index (χ2v) is 5.98. The third-order valence-electron chi connectivity index (χ3n) is 3.78. The molecular weight excluding hydrogens is 304 g/mol. The summed E-state index contributed by atoms with van der Waals surface area (Å²) in [6.07, 6.45) is 0.871. The molecule has 116 valence electrons. The maximum Gasteiger partial charge on any atom is 0.0706 e. The van der Waals surface area contributed by atoms with E-state index in [1.165, 1.54) is 5.56 Å². The zero-order valence-electron chi connectivity index (χ0n) is 13.3. The van der Waals surface area contributed by atoms with Crippen molar-refractivity contribution in [2.24, 2.45) is 0 Å².